The van der Waals surface area contributed by atoms with Gasteiger partial charge in [-0.2, -0.15) is 13.2 Å². The third-order valence-electron chi connectivity index (χ3n) is 4.92. The van der Waals surface area contributed by atoms with Crippen LogP contribution in [0, 0.1) is 12.7 Å². The molecule has 1 aromatic carbocycles. The lowest BCUT2D eigenvalue weighted by atomic mass is 10.1. The predicted molar refractivity (Wildman–Crippen MR) is 114 cm³/mol. The molecule has 0 unspecified atom stereocenters. The van der Waals surface area contributed by atoms with Crippen molar-refractivity contribution in [3.63, 3.8) is 0 Å². The standard InChI is InChI=1S/C22H24F4N4O2/c1-14-4-5-16(23)10-18(14)29-15(2)17-12-27-20(11-19(17)28-13-22(24,25)26)21(31)30-6-3-8-32-9-7-30/h4-5,10-12,29H,2-3,6-9,13H2,1H3,(H,27,28). The fourth-order valence-corrected chi connectivity index (χ4v) is 3.22. The quantitative estimate of drug-likeness (QED) is 0.634. The number of carbonyl (C=O) groups is 1. The minimum atomic E-state index is -4.47. The Balaban J connectivity index is 1.89. The number of pyridine rings is 1. The second kappa shape index (κ2) is 9.99. The number of halogens is 4. The van der Waals surface area contributed by atoms with Crippen LogP contribution in [0.4, 0.5) is 28.9 Å². The zero-order chi connectivity index (χ0) is 23.3. The molecule has 0 radical (unpaired) electrons. The van der Waals surface area contributed by atoms with Crippen molar-refractivity contribution in [2.24, 2.45) is 0 Å². The molecule has 1 aliphatic heterocycles. The van der Waals surface area contributed by atoms with Gasteiger partial charge in [0.15, 0.2) is 0 Å². The van der Waals surface area contributed by atoms with Gasteiger partial charge in [0.2, 0.25) is 0 Å². The van der Waals surface area contributed by atoms with E-state index in [9.17, 15) is 22.4 Å². The summed E-state index contributed by atoms with van der Waals surface area (Å²) in [5, 5.41) is 5.24. The normalized spacial score (nSPS) is 14.6. The molecular formula is C22H24F4N4O2. The molecule has 1 amide bonds. The van der Waals surface area contributed by atoms with Crippen molar-refractivity contribution in [2.45, 2.75) is 19.5 Å². The highest BCUT2D eigenvalue weighted by atomic mass is 19.4. The molecule has 6 nitrogen and oxygen atoms in total. The van der Waals surface area contributed by atoms with Crippen LogP contribution in [0.25, 0.3) is 5.70 Å². The molecule has 0 atom stereocenters. The van der Waals surface area contributed by atoms with Gasteiger partial charge in [-0.05, 0) is 37.1 Å². The first kappa shape index (κ1) is 23.5. The van der Waals surface area contributed by atoms with Crippen LogP contribution in [0.2, 0.25) is 0 Å². The fraction of sp³-hybridized carbons (Fsp3) is 0.364. The molecule has 172 valence electrons. The summed E-state index contributed by atoms with van der Waals surface area (Å²) in [5.41, 5.74) is 1.63. The molecule has 0 saturated carbocycles. The number of anilines is 2. The second-order valence-electron chi connectivity index (χ2n) is 7.40. The molecule has 0 spiro atoms. The van der Waals surface area contributed by atoms with E-state index in [1.165, 1.54) is 24.4 Å². The van der Waals surface area contributed by atoms with Gasteiger partial charge < -0.3 is 20.3 Å². The van der Waals surface area contributed by atoms with Crippen molar-refractivity contribution in [2.75, 3.05) is 43.5 Å². The van der Waals surface area contributed by atoms with E-state index < -0.39 is 24.4 Å². The Labute approximate surface area is 183 Å². The molecule has 1 aliphatic rings. The lowest BCUT2D eigenvalue weighted by Crippen LogP contribution is -2.34. The van der Waals surface area contributed by atoms with Crippen LogP contribution in [0.5, 0.6) is 0 Å². The smallest absolute Gasteiger partial charge is 0.380 e. The largest absolute Gasteiger partial charge is 0.405 e. The molecule has 3 rings (SSSR count). The molecule has 2 aromatic rings. The number of rotatable bonds is 6. The Kier molecular flexibility index (Phi) is 7.34. The van der Waals surface area contributed by atoms with E-state index in [1.54, 1.807) is 17.9 Å². The Morgan fingerprint density at radius 1 is 1.22 bits per heavy atom. The third-order valence-corrected chi connectivity index (χ3v) is 4.92. The Morgan fingerprint density at radius 3 is 2.75 bits per heavy atom. The first-order valence-electron chi connectivity index (χ1n) is 10.0. The van der Waals surface area contributed by atoms with Gasteiger partial charge in [0.05, 0.1) is 6.61 Å². The summed E-state index contributed by atoms with van der Waals surface area (Å²) in [6.45, 7) is 6.09. The molecule has 1 saturated heterocycles. The van der Waals surface area contributed by atoms with Crippen LogP contribution in [0.3, 0.4) is 0 Å². The van der Waals surface area contributed by atoms with Gasteiger partial charge >= 0.3 is 6.18 Å². The molecule has 10 heteroatoms. The number of benzene rings is 1. The van der Waals surface area contributed by atoms with Gasteiger partial charge in [-0.3, -0.25) is 9.78 Å². The van der Waals surface area contributed by atoms with Crippen molar-refractivity contribution in [3.8, 4) is 0 Å². The zero-order valence-electron chi connectivity index (χ0n) is 17.6. The van der Waals surface area contributed by atoms with Gasteiger partial charge in [-0.15, -0.1) is 0 Å². The predicted octanol–water partition coefficient (Wildman–Crippen LogP) is 4.45. The van der Waals surface area contributed by atoms with Gasteiger partial charge in [-0.25, -0.2) is 4.39 Å². The van der Waals surface area contributed by atoms with Gasteiger partial charge in [0.1, 0.15) is 18.1 Å². The highest BCUT2D eigenvalue weighted by molar-refractivity contribution is 5.94. The van der Waals surface area contributed by atoms with Gasteiger partial charge in [0, 0.05) is 48.5 Å². The van der Waals surface area contributed by atoms with Crippen LogP contribution in [-0.2, 0) is 4.74 Å². The van der Waals surface area contributed by atoms with Gasteiger partial charge in [0.25, 0.3) is 5.91 Å². The molecule has 32 heavy (non-hydrogen) atoms. The zero-order valence-corrected chi connectivity index (χ0v) is 17.6. The lowest BCUT2D eigenvalue weighted by Gasteiger charge is -2.21. The average molecular weight is 452 g/mol. The van der Waals surface area contributed by atoms with E-state index in [-0.39, 0.29) is 22.6 Å². The van der Waals surface area contributed by atoms with Gasteiger partial charge in [-0.1, -0.05) is 12.6 Å². The molecule has 1 aromatic heterocycles. The molecule has 2 N–H and O–H groups in total. The van der Waals surface area contributed by atoms with Crippen molar-refractivity contribution < 1.29 is 27.1 Å². The second-order valence-corrected chi connectivity index (χ2v) is 7.40. The summed E-state index contributed by atoms with van der Waals surface area (Å²) >= 11 is 0. The monoisotopic (exact) mass is 452 g/mol. The molecule has 0 aliphatic carbocycles. The maximum Gasteiger partial charge on any atom is 0.405 e. The number of alkyl halides is 3. The third kappa shape index (κ3) is 6.19. The maximum absolute atomic E-state index is 13.6. The van der Waals surface area contributed by atoms with Crippen LogP contribution in [0.15, 0.2) is 37.0 Å². The van der Waals surface area contributed by atoms with E-state index >= 15 is 0 Å². The average Bonchev–Trinajstić information content (AvgIpc) is 3.03. The minimum absolute atomic E-state index is 0.00932. The maximum atomic E-state index is 13.6. The Morgan fingerprint density at radius 2 is 2.00 bits per heavy atom. The number of aryl methyl sites for hydroxylation is 1. The van der Waals surface area contributed by atoms with Crippen LogP contribution in [0.1, 0.15) is 28.0 Å². The van der Waals surface area contributed by atoms with Crippen molar-refractivity contribution in [3.05, 3.63) is 59.7 Å². The Bertz CT molecular complexity index is 986. The minimum Gasteiger partial charge on any atom is -0.380 e. The van der Waals surface area contributed by atoms with E-state index in [1.807, 2.05) is 0 Å². The summed E-state index contributed by atoms with van der Waals surface area (Å²) in [5.74, 6) is -0.863. The molecule has 1 fully saturated rings. The van der Waals surface area contributed by atoms with Crippen molar-refractivity contribution in [1.82, 2.24) is 9.88 Å². The van der Waals surface area contributed by atoms with Crippen molar-refractivity contribution in [1.29, 1.82) is 0 Å². The van der Waals surface area contributed by atoms with E-state index in [0.29, 0.717) is 38.4 Å². The summed E-state index contributed by atoms with van der Waals surface area (Å²) in [7, 11) is 0. The summed E-state index contributed by atoms with van der Waals surface area (Å²) in [6, 6.07) is 5.41. The fourth-order valence-electron chi connectivity index (χ4n) is 3.22. The van der Waals surface area contributed by atoms with Crippen LogP contribution in [-0.4, -0.2) is 54.8 Å². The number of carbonyl (C=O) groups excluding carboxylic acids is 1. The van der Waals surface area contributed by atoms with E-state index in [0.717, 1.165) is 5.56 Å². The molecule has 2 heterocycles. The summed E-state index contributed by atoms with van der Waals surface area (Å²) in [4.78, 5) is 18.6. The number of nitrogens with zero attached hydrogens (tertiary/aromatic N) is 2. The van der Waals surface area contributed by atoms with E-state index in [4.69, 9.17) is 4.74 Å². The highest BCUT2D eigenvalue weighted by Gasteiger charge is 2.28. The van der Waals surface area contributed by atoms with Crippen molar-refractivity contribution >= 4 is 23.0 Å². The lowest BCUT2D eigenvalue weighted by molar-refractivity contribution is -0.115. The number of hydrogen-bond donors (Lipinski definition) is 2. The number of amides is 1. The van der Waals surface area contributed by atoms with Crippen LogP contribution >= 0.6 is 0 Å². The SMILES string of the molecule is C=C(Nc1cc(F)ccc1C)c1cnc(C(=O)N2CCCOCC2)cc1NCC(F)(F)F. The highest BCUT2D eigenvalue weighted by Crippen LogP contribution is 2.28. The number of nitrogens with one attached hydrogen (secondary N) is 2. The summed E-state index contributed by atoms with van der Waals surface area (Å²) in [6.07, 6.45) is -2.53. The number of ether oxygens (including phenoxy) is 1. The van der Waals surface area contributed by atoms with E-state index in [2.05, 4.69) is 22.2 Å². The first-order valence-corrected chi connectivity index (χ1v) is 10.0. The first-order chi connectivity index (χ1) is 15.1. The van der Waals surface area contributed by atoms with Crippen LogP contribution < -0.4 is 10.6 Å². The topological polar surface area (TPSA) is 66.5 Å². The summed E-state index contributed by atoms with van der Waals surface area (Å²) < 4.78 is 57.5. The number of hydrogen-bond acceptors (Lipinski definition) is 5. The molecule has 0 bridgehead atoms. The Hall–Kier alpha value is -3.14. The number of aromatic nitrogens is 1. The molecular weight excluding hydrogens is 428 g/mol.